The standard InChI is InChI=1S/C23H19N5O6S2/c29-21(14-5-10-17-18(12-14)25-19-4-2-1-3-11-27(19)22(17)30)26-23-24-13-20(35-23)36(33,34)16-8-6-15(7-9-16)28(31)32/h5-10,12-13H,1-4,11H2,(H,24,26,29). The van der Waals surface area contributed by atoms with Gasteiger partial charge in [0.2, 0.25) is 9.84 Å². The van der Waals surface area contributed by atoms with Gasteiger partial charge in [-0.3, -0.25) is 29.6 Å². The van der Waals surface area contributed by atoms with Gasteiger partial charge in [0.15, 0.2) is 5.13 Å². The third-order valence-corrected chi connectivity index (χ3v) is 9.05. The highest BCUT2D eigenvalue weighted by atomic mass is 32.2. The Balaban J connectivity index is 1.38. The minimum atomic E-state index is -3.97. The Bertz CT molecular complexity index is 1680. The zero-order chi connectivity index (χ0) is 25.4. The van der Waals surface area contributed by atoms with E-state index in [9.17, 15) is 28.1 Å². The summed E-state index contributed by atoms with van der Waals surface area (Å²) in [6, 6.07) is 9.15. The monoisotopic (exact) mass is 525 g/mol. The fourth-order valence-electron chi connectivity index (χ4n) is 4.03. The fourth-order valence-corrected chi connectivity index (χ4v) is 6.46. The van der Waals surface area contributed by atoms with Crippen LogP contribution in [0.25, 0.3) is 10.9 Å². The smallest absolute Gasteiger partial charge is 0.269 e. The highest BCUT2D eigenvalue weighted by molar-refractivity contribution is 7.93. The first kappa shape index (κ1) is 23.8. The van der Waals surface area contributed by atoms with Gasteiger partial charge in [-0.25, -0.2) is 18.4 Å². The second-order valence-corrected chi connectivity index (χ2v) is 11.4. The number of carbonyl (C=O) groups excluding carboxylic acids is 1. The van der Waals surface area contributed by atoms with Crippen molar-refractivity contribution in [3.8, 4) is 0 Å². The molecule has 1 amide bonds. The molecule has 36 heavy (non-hydrogen) atoms. The summed E-state index contributed by atoms with van der Waals surface area (Å²) in [6.07, 6.45) is 4.73. The largest absolute Gasteiger partial charge is 0.298 e. The Morgan fingerprint density at radius 1 is 1.11 bits per heavy atom. The van der Waals surface area contributed by atoms with Crippen molar-refractivity contribution in [3.63, 3.8) is 0 Å². The van der Waals surface area contributed by atoms with Crippen molar-refractivity contribution < 1.29 is 18.1 Å². The molecule has 4 aromatic rings. The van der Waals surface area contributed by atoms with Crippen LogP contribution in [0.3, 0.4) is 0 Å². The lowest BCUT2D eigenvalue weighted by molar-refractivity contribution is -0.384. The molecular formula is C23H19N5O6S2. The number of thiazole rings is 1. The lowest BCUT2D eigenvalue weighted by Gasteiger charge is -2.10. The van der Waals surface area contributed by atoms with Crippen LogP contribution in [0, 0.1) is 10.1 Å². The molecule has 3 heterocycles. The number of amides is 1. The predicted octanol–water partition coefficient (Wildman–Crippen LogP) is 3.57. The molecule has 0 spiro atoms. The summed E-state index contributed by atoms with van der Waals surface area (Å²) in [6.45, 7) is 0.633. The lowest BCUT2D eigenvalue weighted by Crippen LogP contribution is -2.24. The van der Waals surface area contributed by atoms with E-state index < -0.39 is 20.7 Å². The second-order valence-electron chi connectivity index (χ2n) is 8.22. The Morgan fingerprint density at radius 2 is 1.89 bits per heavy atom. The molecule has 0 aliphatic carbocycles. The number of nitrogens with one attached hydrogen (secondary N) is 1. The quantitative estimate of drug-likeness (QED) is 0.306. The van der Waals surface area contributed by atoms with Crippen LogP contribution in [0.2, 0.25) is 0 Å². The normalized spacial score (nSPS) is 13.7. The van der Waals surface area contributed by atoms with Gasteiger partial charge in [0.05, 0.1) is 26.9 Å². The molecule has 0 saturated carbocycles. The van der Waals surface area contributed by atoms with Crippen LogP contribution < -0.4 is 10.9 Å². The Morgan fingerprint density at radius 3 is 2.64 bits per heavy atom. The third-order valence-electron chi connectivity index (χ3n) is 5.91. The third kappa shape index (κ3) is 4.38. The van der Waals surface area contributed by atoms with Crippen molar-refractivity contribution in [3.05, 3.63) is 80.5 Å². The van der Waals surface area contributed by atoms with E-state index in [1.807, 2.05) is 0 Å². The number of carbonyl (C=O) groups is 1. The number of rotatable bonds is 5. The van der Waals surface area contributed by atoms with E-state index in [1.54, 1.807) is 16.7 Å². The van der Waals surface area contributed by atoms with E-state index in [4.69, 9.17) is 0 Å². The predicted molar refractivity (Wildman–Crippen MR) is 132 cm³/mol. The highest BCUT2D eigenvalue weighted by Gasteiger charge is 2.23. The van der Waals surface area contributed by atoms with Gasteiger partial charge in [-0.2, -0.15) is 0 Å². The van der Waals surface area contributed by atoms with Crippen LogP contribution in [-0.2, 0) is 22.8 Å². The van der Waals surface area contributed by atoms with Crippen molar-refractivity contribution in [1.29, 1.82) is 0 Å². The molecule has 5 rings (SSSR count). The molecule has 0 radical (unpaired) electrons. The van der Waals surface area contributed by atoms with Gasteiger partial charge in [-0.05, 0) is 43.2 Å². The number of sulfone groups is 1. The molecule has 0 saturated heterocycles. The molecule has 2 aromatic heterocycles. The molecule has 1 aliphatic heterocycles. The molecular weight excluding hydrogens is 506 g/mol. The van der Waals surface area contributed by atoms with E-state index in [1.165, 1.54) is 6.07 Å². The maximum Gasteiger partial charge on any atom is 0.269 e. The van der Waals surface area contributed by atoms with E-state index in [0.717, 1.165) is 61.1 Å². The molecule has 13 heteroatoms. The first-order valence-electron chi connectivity index (χ1n) is 11.0. The first-order chi connectivity index (χ1) is 17.2. The topological polar surface area (TPSA) is 154 Å². The number of non-ortho nitro benzene ring substituents is 1. The van der Waals surface area contributed by atoms with Crippen LogP contribution in [0.4, 0.5) is 10.8 Å². The van der Waals surface area contributed by atoms with Crippen LogP contribution >= 0.6 is 11.3 Å². The summed E-state index contributed by atoms with van der Waals surface area (Å²) in [5.74, 6) is 0.186. The number of nitrogens with zero attached hydrogens (tertiary/aromatic N) is 4. The van der Waals surface area contributed by atoms with Crippen LogP contribution in [0.15, 0.2) is 62.6 Å². The number of nitro groups is 1. The van der Waals surface area contributed by atoms with Crippen molar-refractivity contribution in [2.24, 2.45) is 0 Å². The lowest BCUT2D eigenvalue weighted by atomic mass is 10.1. The molecule has 11 nitrogen and oxygen atoms in total. The van der Waals surface area contributed by atoms with E-state index >= 15 is 0 Å². The van der Waals surface area contributed by atoms with E-state index in [0.29, 0.717) is 29.7 Å². The van der Waals surface area contributed by atoms with Crippen molar-refractivity contribution in [2.45, 2.75) is 41.3 Å². The minimum Gasteiger partial charge on any atom is -0.298 e. The van der Waals surface area contributed by atoms with Gasteiger partial charge in [-0.15, -0.1) is 0 Å². The van der Waals surface area contributed by atoms with E-state index in [-0.39, 0.29) is 31.0 Å². The SMILES string of the molecule is O=C(Nc1ncc(S(=O)(=O)c2ccc([N+](=O)[O-])cc2)s1)c1ccc2c(=O)n3c(nc2c1)CCCCC3. The zero-order valence-electron chi connectivity index (χ0n) is 18.7. The summed E-state index contributed by atoms with van der Waals surface area (Å²) >= 11 is 0.761. The fraction of sp³-hybridized carbons (Fsp3) is 0.217. The van der Waals surface area contributed by atoms with E-state index in [2.05, 4.69) is 15.3 Å². The average Bonchev–Trinajstić information content (AvgIpc) is 3.21. The van der Waals surface area contributed by atoms with Crippen molar-refractivity contribution in [2.75, 3.05) is 5.32 Å². The molecule has 0 unspecified atom stereocenters. The van der Waals surface area contributed by atoms with Crippen molar-refractivity contribution >= 4 is 48.8 Å². The van der Waals surface area contributed by atoms with Crippen LogP contribution in [0.5, 0.6) is 0 Å². The Hall–Kier alpha value is -3.97. The number of aryl methyl sites for hydroxylation is 1. The van der Waals surface area contributed by atoms with Crippen LogP contribution in [-0.4, -0.2) is 33.8 Å². The van der Waals surface area contributed by atoms with Crippen molar-refractivity contribution in [1.82, 2.24) is 14.5 Å². The molecule has 0 fully saturated rings. The maximum atomic E-state index is 12.9. The number of benzene rings is 2. The molecule has 0 bridgehead atoms. The number of anilines is 1. The molecule has 2 aromatic carbocycles. The number of hydrogen-bond donors (Lipinski definition) is 1. The summed E-state index contributed by atoms with van der Waals surface area (Å²) in [5.41, 5.74) is 0.337. The number of nitro benzene ring substituents is 1. The minimum absolute atomic E-state index is 0.0653. The summed E-state index contributed by atoms with van der Waals surface area (Å²) in [4.78, 5) is 44.4. The van der Waals surface area contributed by atoms with Gasteiger partial charge in [0.25, 0.3) is 17.2 Å². The molecule has 1 N–H and O–H groups in total. The second kappa shape index (κ2) is 9.24. The van der Waals surface area contributed by atoms with Gasteiger partial charge in [0.1, 0.15) is 10.0 Å². The van der Waals surface area contributed by atoms with Gasteiger partial charge >= 0.3 is 0 Å². The summed E-state index contributed by atoms with van der Waals surface area (Å²) in [5, 5.41) is 13.9. The highest BCUT2D eigenvalue weighted by Crippen LogP contribution is 2.30. The summed E-state index contributed by atoms with van der Waals surface area (Å²) in [7, 11) is -3.97. The van der Waals surface area contributed by atoms with Gasteiger partial charge in [-0.1, -0.05) is 17.8 Å². The average molecular weight is 526 g/mol. The molecule has 0 atom stereocenters. The number of aromatic nitrogens is 3. The van der Waals surface area contributed by atoms with Crippen LogP contribution in [0.1, 0.15) is 35.4 Å². The molecule has 1 aliphatic rings. The number of hydrogen-bond acceptors (Lipinski definition) is 9. The molecule has 184 valence electrons. The zero-order valence-corrected chi connectivity index (χ0v) is 20.3. The Kier molecular flexibility index (Phi) is 6.10. The summed E-state index contributed by atoms with van der Waals surface area (Å²) < 4.78 is 27.3. The first-order valence-corrected chi connectivity index (χ1v) is 13.3. The van der Waals surface area contributed by atoms with Gasteiger partial charge in [0, 0.05) is 30.7 Å². The van der Waals surface area contributed by atoms with Gasteiger partial charge < -0.3 is 0 Å². The maximum absolute atomic E-state index is 12.9. The Labute approximate surface area is 208 Å². The number of fused-ring (bicyclic) bond motifs is 2.